The first-order valence-electron chi connectivity index (χ1n) is 7.55. The SMILES string of the molecule is COc1ccc(S(=O)(=O)NC(=O)c2csc(-c3cnn(C)c3)n2)c([N+](=O)[O-])c1. The summed E-state index contributed by atoms with van der Waals surface area (Å²) in [5, 5.41) is 17.1. The minimum absolute atomic E-state index is 0.109. The third kappa shape index (κ3) is 3.84. The molecule has 1 aromatic carbocycles. The first-order chi connectivity index (χ1) is 13.2. The summed E-state index contributed by atoms with van der Waals surface area (Å²) in [6.07, 6.45) is 3.25. The van der Waals surface area contributed by atoms with E-state index in [0.29, 0.717) is 10.6 Å². The Bertz CT molecular complexity index is 1170. The largest absolute Gasteiger partial charge is 0.497 e. The number of sulfonamides is 1. The zero-order valence-corrected chi connectivity index (χ0v) is 16.2. The highest BCUT2D eigenvalue weighted by atomic mass is 32.2. The van der Waals surface area contributed by atoms with Crippen molar-refractivity contribution in [1.29, 1.82) is 0 Å². The highest BCUT2D eigenvalue weighted by Crippen LogP contribution is 2.28. The predicted octanol–water partition coefficient (Wildman–Crippen LogP) is 1.58. The number of amides is 1. The van der Waals surface area contributed by atoms with Gasteiger partial charge in [-0.15, -0.1) is 11.3 Å². The van der Waals surface area contributed by atoms with Crippen molar-refractivity contribution in [3.63, 3.8) is 0 Å². The Morgan fingerprint density at radius 2 is 2.14 bits per heavy atom. The number of carbonyl (C=O) groups is 1. The van der Waals surface area contributed by atoms with Crippen molar-refractivity contribution >= 4 is 33.0 Å². The summed E-state index contributed by atoms with van der Waals surface area (Å²) in [4.78, 5) is 26.1. The fourth-order valence-corrected chi connectivity index (χ4v) is 4.16. The normalized spacial score (nSPS) is 11.2. The molecule has 0 atom stereocenters. The van der Waals surface area contributed by atoms with E-state index in [9.17, 15) is 23.3 Å². The minimum atomic E-state index is -4.51. The Labute approximate surface area is 162 Å². The Morgan fingerprint density at radius 1 is 1.39 bits per heavy atom. The lowest BCUT2D eigenvalue weighted by Crippen LogP contribution is -2.31. The number of ether oxygens (including phenoxy) is 1. The van der Waals surface area contributed by atoms with E-state index in [2.05, 4.69) is 10.1 Å². The van der Waals surface area contributed by atoms with Gasteiger partial charge in [0, 0.05) is 24.2 Å². The molecule has 0 fully saturated rings. The number of nitrogens with zero attached hydrogens (tertiary/aromatic N) is 4. The maximum atomic E-state index is 12.5. The molecule has 28 heavy (non-hydrogen) atoms. The molecule has 0 aliphatic rings. The van der Waals surface area contributed by atoms with Gasteiger partial charge in [0.1, 0.15) is 16.5 Å². The van der Waals surface area contributed by atoms with Crippen molar-refractivity contribution in [1.82, 2.24) is 19.5 Å². The Hall–Kier alpha value is -3.32. The molecule has 0 saturated carbocycles. The molecule has 3 rings (SSSR count). The molecule has 11 nitrogen and oxygen atoms in total. The topological polar surface area (TPSA) is 146 Å². The van der Waals surface area contributed by atoms with E-state index >= 15 is 0 Å². The molecule has 0 aliphatic heterocycles. The van der Waals surface area contributed by atoms with Gasteiger partial charge < -0.3 is 4.74 Å². The van der Waals surface area contributed by atoms with E-state index in [0.717, 1.165) is 23.5 Å². The van der Waals surface area contributed by atoms with Gasteiger partial charge in [0.2, 0.25) is 0 Å². The molecule has 0 unspecified atom stereocenters. The number of methoxy groups -OCH3 is 1. The van der Waals surface area contributed by atoms with Crippen LogP contribution < -0.4 is 9.46 Å². The molecule has 0 saturated heterocycles. The fraction of sp³-hybridized carbons (Fsp3) is 0.133. The number of nitrogens with one attached hydrogen (secondary N) is 1. The van der Waals surface area contributed by atoms with E-state index in [4.69, 9.17) is 4.74 Å². The Morgan fingerprint density at radius 3 is 2.75 bits per heavy atom. The molecule has 0 radical (unpaired) electrons. The molecule has 1 N–H and O–H groups in total. The van der Waals surface area contributed by atoms with Crippen LogP contribution in [0.25, 0.3) is 10.6 Å². The van der Waals surface area contributed by atoms with Crippen molar-refractivity contribution in [2.24, 2.45) is 7.05 Å². The van der Waals surface area contributed by atoms with Gasteiger partial charge in [-0.25, -0.2) is 18.1 Å². The van der Waals surface area contributed by atoms with Crippen LogP contribution in [0.1, 0.15) is 10.5 Å². The van der Waals surface area contributed by atoms with E-state index in [1.54, 1.807) is 28.8 Å². The first-order valence-corrected chi connectivity index (χ1v) is 9.91. The Kier molecular flexibility index (Phi) is 5.11. The summed E-state index contributed by atoms with van der Waals surface area (Å²) in [6.45, 7) is 0. The molecule has 0 spiro atoms. The van der Waals surface area contributed by atoms with Crippen molar-refractivity contribution in [3.05, 3.63) is 51.8 Å². The van der Waals surface area contributed by atoms with Crippen LogP contribution in [0, 0.1) is 10.1 Å². The van der Waals surface area contributed by atoms with Gasteiger partial charge in [0.05, 0.1) is 24.3 Å². The standard InChI is InChI=1S/C15H13N5O6S2/c1-19-7-9(6-16-19)15-17-11(8-27-15)14(21)18-28(24,25)13-4-3-10(26-2)5-12(13)20(22)23/h3-8H,1-2H3,(H,18,21). The van der Waals surface area contributed by atoms with Crippen molar-refractivity contribution < 1.29 is 22.9 Å². The minimum Gasteiger partial charge on any atom is -0.497 e. The molecular weight excluding hydrogens is 410 g/mol. The van der Waals surface area contributed by atoms with Crippen LogP contribution in [0.3, 0.4) is 0 Å². The number of thiazole rings is 1. The van der Waals surface area contributed by atoms with Crippen LogP contribution in [0.4, 0.5) is 5.69 Å². The average Bonchev–Trinajstić information content (AvgIpc) is 3.29. The number of aromatic nitrogens is 3. The van der Waals surface area contributed by atoms with Crippen LogP contribution in [0.5, 0.6) is 5.75 Å². The lowest BCUT2D eigenvalue weighted by molar-refractivity contribution is -0.387. The van der Waals surface area contributed by atoms with Gasteiger partial charge in [-0.3, -0.25) is 19.6 Å². The van der Waals surface area contributed by atoms with E-state index in [1.165, 1.54) is 18.6 Å². The van der Waals surface area contributed by atoms with Crippen LogP contribution in [-0.2, 0) is 17.1 Å². The maximum absolute atomic E-state index is 12.5. The number of carbonyl (C=O) groups excluding carboxylic acids is 1. The third-order valence-corrected chi connectivity index (χ3v) is 5.84. The molecule has 146 valence electrons. The van der Waals surface area contributed by atoms with Crippen LogP contribution in [0.15, 0.2) is 40.9 Å². The fourth-order valence-electron chi connectivity index (χ4n) is 2.27. The predicted molar refractivity (Wildman–Crippen MR) is 98.6 cm³/mol. The summed E-state index contributed by atoms with van der Waals surface area (Å²) >= 11 is 1.13. The molecular formula is C15H13N5O6S2. The number of aryl methyl sites for hydroxylation is 1. The number of hydrogen-bond acceptors (Lipinski definition) is 9. The summed E-state index contributed by atoms with van der Waals surface area (Å²) < 4.78 is 33.2. The van der Waals surface area contributed by atoms with Crippen LogP contribution in [0.2, 0.25) is 0 Å². The molecule has 13 heteroatoms. The second kappa shape index (κ2) is 7.36. The lowest BCUT2D eigenvalue weighted by Gasteiger charge is -2.07. The van der Waals surface area contributed by atoms with Crippen molar-refractivity contribution in [2.45, 2.75) is 4.90 Å². The Balaban J connectivity index is 1.88. The monoisotopic (exact) mass is 423 g/mol. The van der Waals surface area contributed by atoms with Crippen molar-refractivity contribution in [3.8, 4) is 16.3 Å². The number of rotatable bonds is 6. The van der Waals surface area contributed by atoms with Gasteiger partial charge >= 0.3 is 0 Å². The summed E-state index contributed by atoms with van der Waals surface area (Å²) in [5.74, 6) is -0.894. The molecule has 2 heterocycles. The van der Waals surface area contributed by atoms with Gasteiger partial charge in [-0.05, 0) is 12.1 Å². The summed E-state index contributed by atoms with van der Waals surface area (Å²) in [7, 11) is -1.50. The number of hydrogen-bond donors (Lipinski definition) is 1. The van der Waals surface area contributed by atoms with Crippen molar-refractivity contribution in [2.75, 3.05) is 7.11 Å². The zero-order chi connectivity index (χ0) is 20.5. The number of nitro benzene ring substituents is 1. The smallest absolute Gasteiger partial charge is 0.293 e. The van der Waals surface area contributed by atoms with E-state index in [1.807, 2.05) is 0 Å². The zero-order valence-electron chi connectivity index (χ0n) is 14.5. The first kappa shape index (κ1) is 19.4. The van der Waals surface area contributed by atoms with Crippen LogP contribution >= 0.6 is 11.3 Å². The summed E-state index contributed by atoms with van der Waals surface area (Å²) in [5.41, 5.74) is -0.183. The summed E-state index contributed by atoms with van der Waals surface area (Å²) in [6, 6.07) is 3.20. The molecule has 0 bridgehead atoms. The average molecular weight is 423 g/mol. The van der Waals surface area contributed by atoms with Gasteiger partial charge in [-0.1, -0.05) is 0 Å². The highest BCUT2D eigenvalue weighted by Gasteiger charge is 2.29. The van der Waals surface area contributed by atoms with Gasteiger partial charge in [-0.2, -0.15) is 5.10 Å². The van der Waals surface area contributed by atoms with Crippen LogP contribution in [-0.4, -0.2) is 41.1 Å². The number of nitro groups is 1. The van der Waals surface area contributed by atoms with Gasteiger partial charge in [0.15, 0.2) is 4.90 Å². The lowest BCUT2D eigenvalue weighted by atomic mass is 10.3. The highest BCUT2D eigenvalue weighted by molar-refractivity contribution is 7.90. The second-order valence-corrected chi connectivity index (χ2v) is 7.97. The van der Waals surface area contributed by atoms with E-state index in [-0.39, 0.29) is 11.4 Å². The molecule has 2 aromatic heterocycles. The third-order valence-electron chi connectivity index (χ3n) is 3.57. The molecule has 3 aromatic rings. The second-order valence-electron chi connectivity index (χ2n) is 5.47. The molecule has 1 amide bonds. The van der Waals surface area contributed by atoms with E-state index < -0.39 is 31.4 Å². The molecule has 0 aliphatic carbocycles. The number of benzene rings is 1. The maximum Gasteiger partial charge on any atom is 0.293 e. The van der Waals surface area contributed by atoms with Gasteiger partial charge in [0.25, 0.3) is 21.6 Å². The quantitative estimate of drug-likeness (QED) is 0.464.